The van der Waals surface area contributed by atoms with Gasteiger partial charge in [0.2, 0.25) is 0 Å². The zero-order chi connectivity index (χ0) is 84.4. The fraction of sp³-hybridized carbons (Fsp3) is 0.299. The first-order chi connectivity index (χ1) is 57.0. The molecular weight excluding hydrogens is 1860 g/mol. The van der Waals surface area contributed by atoms with Gasteiger partial charge in [-0.15, -0.1) is 0 Å². The molecule has 35 heteroatoms. The van der Waals surface area contributed by atoms with Gasteiger partial charge in [0.15, 0.2) is 0 Å². The van der Waals surface area contributed by atoms with Gasteiger partial charge in [0.25, 0.3) is 5.91 Å². The average Bonchev–Trinajstić information content (AvgIpc) is 1.64. The first kappa shape index (κ1) is 101. The van der Waals surface area contributed by atoms with Gasteiger partial charge in [-0.05, 0) is 155 Å². The van der Waals surface area contributed by atoms with Crippen LogP contribution in [0.15, 0.2) is 197 Å². The number of fused-ring (bicyclic) bond motifs is 3. The Bertz CT molecular complexity index is 4810. The number of esters is 4. The maximum absolute atomic E-state index is 13.5. The number of rotatable bonds is 14. The summed E-state index contributed by atoms with van der Waals surface area (Å²) in [5.74, 6) is -1.84. The molecule has 5 aliphatic rings. The van der Waals surface area contributed by atoms with Crippen LogP contribution in [0, 0.1) is 23.3 Å². The van der Waals surface area contributed by atoms with Gasteiger partial charge in [-0.1, -0.05) is 127 Å². The van der Waals surface area contributed by atoms with Crippen LogP contribution < -0.4 is 25.0 Å². The topological polar surface area (TPSA) is 280 Å². The van der Waals surface area contributed by atoms with Gasteiger partial charge in [-0.2, -0.15) is 54.0 Å². The van der Waals surface area contributed by atoms with Gasteiger partial charge in [0.05, 0.1) is 108 Å². The number of ether oxygens (including phenoxy) is 9. The standard InChI is InChI=1S/C22H23FN2O5.C21H22FN3O5.C18H18BrFO3.C17H16FNO3.C9H8Br2O2.4H2S/c1-28-21(26)16-2-3-17-13-25(22(27)24-8-10-29-11-9-24)19(14-30-20(17)12-16)15-4-6-18(23)7-5-15;22-17-5-3-14(4-6-17)18-13-30-19-11-15(20(26)23-28)1-2-16(19)12-25(18)21(27)24-7-9-29-10-8-24;1-23-18(22)14-4-2-13(17(19)10-14)3-5-15(11-21)12-6-8-16(20)9-7-12;1-21-17(20)12-2-3-13-9-19-15(10-22-16(13)8-12)11-4-6-14(18)7-5-11;1-13-9(12)6-2-3-7(5-10)8(11)4-6;;;;/h2-7,12,19H,8-11,13-14H2,1H3;1-6,11,18,28H,7-10,12-13H2,(H,23,26);2,4,6-10,15,21H,3,5,11H2,1H3;2-8,15,19H,9-10H2,1H3;2-4H,5H2,1H3;4*1H2/t19-;18-;2*15-;;;;;/m1111...../s1. The van der Waals surface area contributed by atoms with Crippen molar-refractivity contribution in [2.45, 2.75) is 61.8 Å². The van der Waals surface area contributed by atoms with Crippen LogP contribution in [0.4, 0.5) is 27.2 Å². The molecule has 9 aromatic carbocycles. The van der Waals surface area contributed by atoms with Gasteiger partial charge >= 0.3 is 35.9 Å². The van der Waals surface area contributed by atoms with E-state index in [2.05, 4.69) is 57.8 Å². The van der Waals surface area contributed by atoms with Gasteiger partial charge in [-0.25, -0.2) is 51.8 Å². The van der Waals surface area contributed by atoms with E-state index in [0.29, 0.717) is 112 Å². The van der Waals surface area contributed by atoms with E-state index in [9.17, 15) is 56.2 Å². The number of carbonyl (C=O) groups is 7. The molecule has 4 N–H and O–H groups in total. The average molecular weight is 1960 g/mol. The molecule has 5 heterocycles. The van der Waals surface area contributed by atoms with Gasteiger partial charge in [0, 0.05) is 81.8 Å². The lowest BCUT2D eigenvalue weighted by Gasteiger charge is -2.36. The molecule has 0 aliphatic carbocycles. The summed E-state index contributed by atoms with van der Waals surface area (Å²) in [6, 6.07) is 49.3. The highest BCUT2D eigenvalue weighted by Crippen LogP contribution is 2.37. The number of urea groups is 2. The van der Waals surface area contributed by atoms with E-state index in [0.717, 1.165) is 77.2 Å². The normalized spacial score (nSPS) is 15.6. The van der Waals surface area contributed by atoms with Crippen LogP contribution in [0.25, 0.3) is 0 Å². The minimum atomic E-state index is -0.651. The van der Waals surface area contributed by atoms with Crippen molar-refractivity contribution in [3.8, 4) is 17.2 Å². The molecule has 0 unspecified atom stereocenters. The van der Waals surface area contributed by atoms with E-state index in [1.54, 1.807) is 140 Å². The van der Waals surface area contributed by atoms with Crippen LogP contribution >= 0.6 is 102 Å². The van der Waals surface area contributed by atoms with Crippen molar-refractivity contribution in [3.05, 3.63) is 298 Å². The Morgan fingerprint density at radius 3 is 1.21 bits per heavy atom. The minimum absolute atomic E-state index is 0. The van der Waals surface area contributed by atoms with Crippen LogP contribution in [-0.2, 0) is 59.8 Å². The van der Waals surface area contributed by atoms with Crippen molar-refractivity contribution in [1.29, 1.82) is 0 Å². The lowest BCUT2D eigenvalue weighted by atomic mass is 9.93. The summed E-state index contributed by atoms with van der Waals surface area (Å²) in [6.45, 7) is 5.87. The van der Waals surface area contributed by atoms with Crippen molar-refractivity contribution in [3.63, 3.8) is 0 Å². The molecule has 2 saturated heterocycles. The Hall–Kier alpha value is -9.37. The number of halogens is 7. The number of aliphatic hydroxyl groups excluding tert-OH is 1. The Morgan fingerprint density at radius 1 is 0.467 bits per heavy atom. The fourth-order valence-corrected chi connectivity index (χ4v) is 15.1. The Balaban J connectivity index is 0.000000239. The minimum Gasteiger partial charge on any atom is -0.491 e. The third-order valence-corrected chi connectivity index (χ3v) is 21.9. The predicted molar refractivity (Wildman–Crippen MR) is 478 cm³/mol. The maximum Gasteiger partial charge on any atom is 0.337 e. The van der Waals surface area contributed by atoms with E-state index in [1.165, 1.54) is 83.0 Å². The van der Waals surface area contributed by atoms with E-state index in [4.69, 9.17) is 43.1 Å². The van der Waals surface area contributed by atoms with Gasteiger partial charge in [-0.3, -0.25) is 10.0 Å². The van der Waals surface area contributed by atoms with Crippen molar-refractivity contribution in [1.82, 2.24) is 30.4 Å². The number of morpholine rings is 2. The fourth-order valence-electron chi connectivity index (χ4n) is 13.2. The Morgan fingerprint density at radius 2 is 0.820 bits per heavy atom. The van der Waals surface area contributed by atoms with Crippen LogP contribution in [0.1, 0.15) is 132 Å². The second-order valence-corrected chi connectivity index (χ2v) is 29.4. The lowest BCUT2D eigenvalue weighted by Crippen LogP contribution is -2.49. The summed E-state index contributed by atoms with van der Waals surface area (Å²) in [5, 5.41) is 22.6. The quantitative estimate of drug-likeness (QED) is 0.0197. The van der Waals surface area contributed by atoms with Crippen molar-refractivity contribution >= 4 is 144 Å². The number of methoxy groups -OCH3 is 4. The molecule has 4 atom stereocenters. The number of aliphatic hydroxyl groups is 1. The molecule has 9 aromatic rings. The number of amides is 5. The molecule has 0 spiro atoms. The monoisotopic (exact) mass is 1950 g/mol. The molecule has 0 radical (unpaired) electrons. The van der Waals surface area contributed by atoms with E-state index < -0.39 is 29.9 Å². The van der Waals surface area contributed by atoms with Gasteiger partial charge in [0.1, 0.15) is 60.3 Å². The van der Waals surface area contributed by atoms with E-state index >= 15 is 0 Å². The number of carbonyl (C=O) groups excluding carboxylic acids is 7. The van der Waals surface area contributed by atoms with Crippen LogP contribution in [0.2, 0.25) is 0 Å². The van der Waals surface area contributed by atoms with Crippen LogP contribution in [0.3, 0.4) is 0 Å². The highest BCUT2D eigenvalue weighted by Gasteiger charge is 2.36. The Kier molecular flexibility index (Phi) is 41.9. The molecule has 122 heavy (non-hydrogen) atoms. The predicted octanol–water partition coefficient (Wildman–Crippen LogP) is 15.8. The molecule has 2 fully saturated rings. The summed E-state index contributed by atoms with van der Waals surface area (Å²) in [5.41, 5.74) is 11.7. The summed E-state index contributed by atoms with van der Waals surface area (Å²) >= 11 is 10.2. The van der Waals surface area contributed by atoms with Crippen molar-refractivity contribution < 1.29 is 104 Å². The lowest BCUT2D eigenvalue weighted by molar-refractivity contribution is 0.0362. The highest BCUT2D eigenvalue weighted by molar-refractivity contribution is 9.11. The summed E-state index contributed by atoms with van der Waals surface area (Å²) in [4.78, 5) is 91.5. The number of nitrogens with one attached hydrogen (secondary N) is 2. The zero-order valence-corrected chi connectivity index (χ0v) is 75.6. The first-order valence-corrected chi connectivity index (χ1v) is 40.0. The third-order valence-electron chi connectivity index (χ3n) is 19.8. The number of alkyl halides is 1. The molecular formula is C87H95Br3F4N6O18S4. The van der Waals surface area contributed by atoms with E-state index in [-0.39, 0.29) is 145 Å². The smallest absolute Gasteiger partial charge is 0.337 e. The SMILES string of the molecule is COC(=O)c1ccc(CBr)c(Br)c1.COC(=O)c1ccc(CC[C@H](CO)c2ccc(F)cc2)c(Br)c1.COC(=O)c1ccc2c(c1)OC[C@H](c1ccc(F)cc1)N(C(=O)N1CCOCC1)C2.COC(=O)c1ccc2c(c1)OC[C@H](c1ccc(F)cc1)NC2.O=C(NO)c1ccc2c(c1)OC[C@H](c1ccc(F)cc1)N(C(=O)N1CCOCC1)C2.S.S.S.S. The number of hydrogen-bond acceptors (Lipinski definition) is 19. The summed E-state index contributed by atoms with van der Waals surface area (Å²) < 4.78 is 102. The number of nitrogens with zero attached hydrogens (tertiary/aromatic N) is 4. The van der Waals surface area contributed by atoms with Gasteiger partial charge < -0.3 is 72.7 Å². The molecule has 0 bridgehead atoms. The van der Waals surface area contributed by atoms with E-state index in [1.807, 2.05) is 18.2 Å². The number of hydrogen-bond donors (Lipinski definition) is 4. The number of aryl methyl sites for hydroxylation is 1. The summed E-state index contributed by atoms with van der Waals surface area (Å²) in [6.07, 6.45) is 1.45. The molecule has 5 aliphatic heterocycles. The molecule has 0 aromatic heterocycles. The zero-order valence-electron chi connectivity index (χ0n) is 66.8. The third kappa shape index (κ3) is 27.8. The summed E-state index contributed by atoms with van der Waals surface area (Å²) in [7, 11) is 5.39. The number of hydroxylamine groups is 1. The molecule has 5 amide bonds. The number of benzene rings is 9. The molecule has 654 valence electrons. The first-order valence-electron chi connectivity index (χ1n) is 37.3. The molecule has 14 rings (SSSR count). The second kappa shape index (κ2) is 50.4. The van der Waals surface area contributed by atoms with Crippen LogP contribution in [0.5, 0.6) is 17.2 Å². The maximum atomic E-state index is 13.5. The Labute approximate surface area is 757 Å². The van der Waals surface area contributed by atoms with Crippen LogP contribution in [-0.4, -0.2) is 179 Å². The second-order valence-electron chi connectivity index (χ2n) is 27.2. The van der Waals surface area contributed by atoms with Crippen molar-refractivity contribution in [2.24, 2.45) is 0 Å². The highest BCUT2D eigenvalue weighted by atomic mass is 79.9. The molecule has 0 saturated carbocycles. The van der Waals surface area contributed by atoms with Crippen molar-refractivity contribution in [2.75, 3.05) is 107 Å². The largest absolute Gasteiger partial charge is 0.491 e. The molecule has 24 nitrogen and oxygen atoms in total.